The smallest absolute Gasteiger partial charge is 0.316 e. The van der Waals surface area contributed by atoms with E-state index in [0.29, 0.717) is 26.3 Å². The van der Waals surface area contributed by atoms with Gasteiger partial charge in [-0.05, 0) is 11.6 Å². The van der Waals surface area contributed by atoms with E-state index in [1.54, 1.807) is 4.90 Å². The molecular formula is C5H10ClNO2S2. The quantitative estimate of drug-likeness (QED) is 0.277. The van der Waals surface area contributed by atoms with Crippen molar-refractivity contribution in [2.45, 2.75) is 0 Å². The fourth-order valence-electron chi connectivity index (χ4n) is 0.739. The Labute approximate surface area is 81.2 Å². The van der Waals surface area contributed by atoms with Crippen LogP contribution in [-0.2, 0) is 4.74 Å². The van der Waals surface area contributed by atoms with Crippen molar-refractivity contribution in [2.75, 3.05) is 26.3 Å². The summed E-state index contributed by atoms with van der Waals surface area (Å²) in [7, 11) is 0. The maximum atomic E-state index is 10.4. The summed E-state index contributed by atoms with van der Waals surface area (Å²) in [5.74, 6) is 0. The fourth-order valence-corrected chi connectivity index (χ4v) is 0.908. The van der Waals surface area contributed by atoms with E-state index >= 15 is 0 Å². The molecule has 0 spiro atoms. The highest BCUT2D eigenvalue weighted by Crippen LogP contribution is 2.00. The molecule has 1 fully saturated rings. The first-order valence-electron chi connectivity index (χ1n) is 3.03. The maximum Gasteiger partial charge on any atom is 0.316 e. The highest BCUT2D eigenvalue weighted by Gasteiger charge is 2.13. The maximum absolute atomic E-state index is 10.4. The number of ether oxygens (including phenoxy) is 1. The van der Waals surface area contributed by atoms with E-state index < -0.39 is 0 Å². The third-order valence-corrected chi connectivity index (χ3v) is 1.50. The van der Waals surface area contributed by atoms with Gasteiger partial charge in [0.05, 0.1) is 13.2 Å². The second-order valence-corrected chi connectivity index (χ2v) is 2.18. The van der Waals surface area contributed by atoms with Gasteiger partial charge in [-0.1, -0.05) is 0 Å². The number of carbonyl (C=O) groups is 1. The van der Waals surface area contributed by atoms with Crippen molar-refractivity contribution in [3.63, 3.8) is 0 Å². The molecule has 1 amide bonds. The number of nitrogens with zero attached hydrogens (tertiary/aromatic N) is 1. The molecule has 3 nitrogen and oxygen atoms in total. The number of rotatable bonds is 0. The van der Waals surface area contributed by atoms with Crippen molar-refractivity contribution >= 4 is 40.3 Å². The van der Waals surface area contributed by atoms with Crippen LogP contribution in [0.15, 0.2) is 0 Å². The largest absolute Gasteiger partial charge is 0.378 e. The SMILES string of the molecule is O=C(Cl)N1CCOCC1.SS. The van der Waals surface area contributed by atoms with Gasteiger partial charge in [0.25, 0.3) is 0 Å². The van der Waals surface area contributed by atoms with Gasteiger partial charge in [0.15, 0.2) is 0 Å². The zero-order chi connectivity index (χ0) is 8.69. The lowest BCUT2D eigenvalue weighted by Crippen LogP contribution is -2.37. The third kappa shape index (κ3) is 4.79. The number of thiol groups is 2. The van der Waals surface area contributed by atoms with E-state index in [2.05, 4.69) is 23.3 Å². The lowest BCUT2D eigenvalue weighted by molar-refractivity contribution is 0.0589. The van der Waals surface area contributed by atoms with Crippen molar-refractivity contribution < 1.29 is 9.53 Å². The summed E-state index contributed by atoms with van der Waals surface area (Å²) in [6, 6.07) is 0. The van der Waals surface area contributed by atoms with Crippen molar-refractivity contribution in [3.8, 4) is 0 Å². The summed E-state index contributed by atoms with van der Waals surface area (Å²) in [6.45, 7) is 2.47. The van der Waals surface area contributed by atoms with Crippen LogP contribution in [0.25, 0.3) is 0 Å². The van der Waals surface area contributed by atoms with Gasteiger partial charge < -0.3 is 9.64 Å². The first-order chi connectivity index (χ1) is 5.30. The molecule has 0 aromatic carbocycles. The second-order valence-electron chi connectivity index (χ2n) is 1.85. The van der Waals surface area contributed by atoms with Gasteiger partial charge in [-0.15, -0.1) is 23.3 Å². The predicted octanol–water partition coefficient (Wildman–Crippen LogP) is 1.44. The molecular weight excluding hydrogens is 206 g/mol. The molecule has 0 bridgehead atoms. The van der Waals surface area contributed by atoms with Gasteiger partial charge in [-0.3, -0.25) is 4.79 Å². The van der Waals surface area contributed by atoms with E-state index in [-0.39, 0.29) is 5.37 Å². The van der Waals surface area contributed by atoms with Crippen LogP contribution in [-0.4, -0.2) is 36.6 Å². The van der Waals surface area contributed by atoms with Crippen LogP contribution in [0.2, 0.25) is 0 Å². The molecule has 1 saturated heterocycles. The van der Waals surface area contributed by atoms with E-state index in [0.717, 1.165) is 0 Å². The fraction of sp³-hybridized carbons (Fsp3) is 0.800. The average Bonchev–Trinajstić information content (AvgIpc) is 2.10. The van der Waals surface area contributed by atoms with Gasteiger partial charge in [0.1, 0.15) is 0 Å². The number of hydrogen-bond acceptors (Lipinski definition) is 4. The Morgan fingerprint density at radius 3 is 2.09 bits per heavy atom. The molecule has 1 aliphatic heterocycles. The summed E-state index contributed by atoms with van der Waals surface area (Å²) >= 11 is 11.6. The van der Waals surface area contributed by atoms with Gasteiger partial charge in [0.2, 0.25) is 0 Å². The zero-order valence-corrected chi connectivity index (χ0v) is 8.41. The van der Waals surface area contributed by atoms with Crippen LogP contribution in [0.1, 0.15) is 0 Å². The molecule has 1 rings (SSSR count). The molecule has 0 N–H and O–H groups in total. The highest BCUT2D eigenvalue weighted by atomic mass is 35.5. The van der Waals surface area contributed by atoms with E-state index in [4.69, 9.17) is 16.3 Å². The van der Waals surface area contributed by atoms with Gasteiger partial charge >= 0.3 is 5.37 Å². The minimum atomic E-state index is -0.377. The molecule has 0 saturated carbocycles. The predicted molar refractivity (Wildman–Crippen MR) is 51.6 cm³/mol. The molecule has 0 atom stereocenters. The monoisotopic (exact) mass is 215 g/mol. The molecule has 0 aromatic rings. The standard InChI is InChI=1S/C5H8ClNO2.H2S2/c6-5(8)7-1-3-9-4-2-7;1-2/h1-4H2;1-2H. The van der Waals surface area contributed by atoms with Gasteiger partial charge in [-0.25, -0.2) is 0 Å². The Morgan fingerprint density at radius 2 is 1.82 bits per heavy atom. The lowest BCUT2D eigenvalue weighted by Gasteiger charge is -2.23. The molecule has 1 aliphatic rings. The van der Waals surface area contributed by atoms with E-state index in [9.17, 15) is 4.79 Å². The highest BCUT2D eigenvalue weighted by molar-refractivity contribution is 8.59. The number of hydrogen-bond donors (Lipinski definition) is 2. The summed E-state index contributed by atoms with van der Waals surface area (Å²) in [5.41, 5.74) is 0. The average molecular weight is 216 g/mol. The van der Waals surface area contributed by atoms with E-state index in [1.165, 1.54) is 0 Å². The van der Waals surface area contributed by atoms with Crippen LogP contribution in [0.4, 0.5) is 4.79 Å². The van der Waals surface area contributed by atoms with Crippen LogP contribution in [0.3, 0.4) is 0 Å². The Hall–Kier alpha value is 0.420. The molecule has 6 heteroatoms. The topological polar surface area (TPSA) is 29.5 Å². The summed E-state index contributed by atoms with van der Waals surface area (Å²) < 4.78 is 5.00. The minimum absolute atomic E-state index is 0.377. The number of morpholine rings is 1. The van der Waals surface area contributed by atoms with Crippen molar-refractivity contribution in [3.05, 3.63) is 0 Å². The Bertz CT molecular complexity index is 119. The molecule has 1 heterocycles. The first kappa shape index (κ1) is 11.4. The van der Waals surface area contributed by atoms with Crippen molar-refractivity contribution in [1.29, 1.82) is 0 Å². The lowest BCUT2D eigenvalue weighted by atomic mass is 10.5. The van der Waals surface area contributed by atoms with Crippen molar-refractivity contribution in [2.24, 2.45) is 0 Å². The summed E-state index contributed by atoms with van der Waals surface area (Å²) in [5, 5.41) is -0.377. The van der Waals surface area contributed by atoms with Gasteiger partial charge in [0, 0.05) is 13.1 Å². The molecule has 11 heavy (non-hydrogen) atoms. The number of amides is 1. The first-order valence-corrected chi connectivity index (χ1v) is 5.00. The van der Waals surface area contributed by atoms with Crippen LogP contribution >= 0.6 is 34.9 Å². The Morgan fingerprint density at radius 1 is 1.36 bits per heavy atom. The van der Waals surface area contributed by atoms with Crippen molar-refractivity contribution in [1.82, 2.24) is 4.90 Å². The Kier molecular flexibility index (Phi) is 7.36. The zero-order valence-electron chi connectivity index (χ0n) is 5.86. The molecule has 0 aromatic heterocycles. The second kappa shape index (κ2) is 7.09. The third-order valence-electron chi connectivity index (χ3n) is 1.26. The molecule has 0 radical (unpaired) electrons. The summed E-state index contributed by atoms with van der Waals surface area (Å²) in [6.07, 6.45) is 0. The molecule has 0 unspecified atom stereocenters. The minimum Gasteiger partial charge on any atom is -0.378 e. The normalized spacial score (nSPS) is 16.8. The molecule has 66 valence electrons. The number of carbonyl (C=O) groups excluding carboxylic acids is 1. The van der Waals surface area contributed by atoms with Crippen LogP contribution < -0.4 is 0 Å². The van der Waals surface area contributed by atoms with Gasteiger partial charge in [-0.2, -0.15) is 0 Å². The van der Waals surface area contributed by atoms with Crippen LogP contribution in [0.5, 0.6) is 0 Å². The Balaban J connectivity index is 0.000000461. The summed E-state index contributed by atoms with van der Waals surface area (Å²) in [4.78, 5) is 12.0. The van der Waals surface area contributed by atoms with Crippen LogP contribution in [0, 0.1) is 0 Å². The number of halogens is 1. The molecule has 0 aliphatic carbocycles. The van der Waals surface area contributed by atoms with E-state index in [1.807, 2.05) is 0 Å².